The zero-order valence-electron chi connectivity index (χ0n) is 13.5. The van der Waals surface area contributed by atoms with Crippen molar-refractivity contribution in [2.75, 3.05) is 0 Å². The van der Waals surface area contributed by atoms with E-state index in [-0.39, 0.29) is 0 Å². The van der Waals surface area contributed by atoms with Crippen LogP contribution in [-0.2, 0) is 13.7 Å². The van der Waals surface area contributed by atoms with Crippen molar-refractivity contribution in [3.05, 3.63) is 65.9 Å². The van der Waals surface area contributed by atoms with Crippen LogP contribution in [0.3, 0.4) is 0 Å². The minimum Gasteiger partial charge on any atom is -0.489 e. The van der Waals surface area contributed by atoms with Crippen LogP contribution in [0.2, 0.25) is 0 Å². The lowest BCUT2D eigenvalue weighted by molar-refractivity contribution is 0.111. The van der Waals surface area contributed by atoms with Gasteiger partial charge in [0.15, 0.2) is 6.29 Å². The molecule has 3 aromatic rings. The fourth-order valence-corrected chi connectivity index (χ4v) is 3.10. The van der Waals surface area contributed by atoms with Gasteiger partial charge < -0.3 is 9.30 Å². The van der Waals surface area contributed by atoms with Crippen LogP contribution in [0.4, 0.5) is 0 Å². The van der Waals surface area contributed by atoms with Gasteiger partial charge in [-0.25, -0.2) is 4.98 Å². The number of benzene rings is 1. The van der Waals surface area contributed by atoms with Crippen molar-refractivity contribution >= 4 is 18.0 Å². The number of hydrogen-bond donors (Lipinski definition) is 0. The molecule has 0 saturated carbocycles. The van der Waals surface area contributed by atoms with Gasteiger partial charge in [-0.2, -0.15) is 0 Å². The van der Waals surface area contributed by atoms with Crippen molar-refractivity contribution in [3.63, 3.8) is 0 Å². The SMILES string of the molecule is Cc1cc(COc2ccc(Sc3ncn(C)c3C=O)cc2)ccn1. The molecule has 0 bridgehead atoms. The van der Waals surface area contributed by atoms with Gasteiger partial charge in [-0.1, -0.05) is 11.8 Å². The Morgan fingerprint density at radius 1 is 1.21 bits per heavy atom. The second-order valence-corrected chi connectivity index (χ2v) is 6.39. The minimum atomic E-state index is 0.505. The van der Waals surface area contributed by atoms with Gasteiger partial charge in [0.05, 0.1) is 6.33 Å². The standard InChI is InChI=1S/C18H17N3O2S/c1-13-9-14(7-8-19-13)11-23-15-3-5-16(6-4-15)24-18-17(10-22)21(2)12-20-18/h3-10,12H,11H2,1-2H3. The number of carbonyl (C=O) groups excluding carboxylic acids is 1. The Kier molecular flexibility index (Phi) is 4.96. The number of aryl methyl sites for hydroxylation is 2. The summed E-state index contributed by atoms with van der Waals surface area (Å²) in [5, 5.41) is 0.702. The maximum absolute atomic E-state index is 11.1. The number of aromatic nitrogens is 3. The summed E-state index contributed by atoms with van der Waals surface area (Å²) >= 11 is 1.46. The van der Waals surface area contributed by atoms with Gasteiger partial charge in [-0.05, 0) is 48.9 Å². The van der Waals surface area contributed by atoms with E-state index in [9.17, 15) is 4.79 Å². The highest BCUT2D eigenvalue weighted by molar-refractivity contribution is 7.99. The molecule has 0 spiro atoms. The first-order valence-corrected chi connectivity index (χ1v) is 8.26. The summed E-state index contributed by atoms with van der Waals surface area (Å²) in [6.07, 6.45) is 4.25. The third-order valence-corrected chi connectivity index (χ3v) is 4.48. The van der Waals surface area contributed by atoms with E-state index >= 15 is 0 Å². The molecule has 0 saturated heterocycles. The number of carbonyl (C=O) groups is 1. The average Bonchev–Trinajstić information content (AvgIpc) is 2.94. The first-order valence-electron chi connectivity index (χ1n) is 7.44. The molecule has 0 aliphatic heterocycles. The highest BCUT2D eigenvalue weighted by Gasteiger charge is 2.09. The number of ether oxygens (including phenoxy) is 1. The largest absolute Gasteiger partial charge is 0.489 e. The van der Waals surface area contributed by atoms with E-state index in [4.69, 9.17) is 4.74 Å². The molecule has 0 aliphatic carbocycles. The Morgan fingerprint density at radius 2 is 2.00 bits per heavy atom. The maximum atomic E-state index is 11.1. The molecular weight excluding hydrogens is 322 g/mol. The molecule has 0 N–H and O–H groups in total. The second kappa shape index (κ2) is 7.31. The molecule has 2 heterocycles. The molecule has 6 heteroatoms. The fourth-order valence-electron chi connectivity index (χ4n) is 2.21. The van der Waals surface area contributed by atoms with Crippen molar-refractivity contribution in [1.29, 1.82) is 0 Å². The molecule has 0 amide bonds. The molecule has 0 atom stereocenters. The topological polar surface area (TPSA) is 57.0 Å². The maximum Gasteiger partial charge on any atom is 0.169 e. The predicted molar refractivity (Wildman–Crippen MR) is 92.5 cm³/mol. The quantitative estimate of drug-likeness (QED) is 0.641. The molecule has 122 valence electrons. The van der Waals surface area contributed by atoms with Crippen molar-refractivity contribution in [2.24, 2.45) is 7.05 Å². The summed E-state index contributed by atoms with van der Waals surface area (Å²) in [5.41, 5.74) is 2.64. The zero-order chi connectivity index (χ0) is 16.9. The Balaban J connectivity index is 1.64. The monoisotopic (exact) mass is 339 g/mol. The van der Waals surface area contributed by atoms with E-state index in [0.29, 0.717) is 17.3 Å². The molecule has 1 aromatic carbocycles. The van der Waals surface area contributed by atoms with Crippen molar-refractivity contribution in [1.82, 2.24) is 14.5 Å². The van der Waals surface area contributed by atoms with E-state index in [1.807, 2.05) is 43.3 Å². The fraction of sp³-hybridized carbons (Fsp3) is 0.167. The van der Waals surface area contributed by atoms with Gasteiger partial charge >= 0.3 is 0 Å². The third kappa shape index (κ3) is 3.83. The predicted octanol–water partition coefficient (Wildman–Crippen LogP) is 3.67. The van der Waals surface area contributed by atoms with Crippen LogP contribution in [-0.4, -0.2) is 20.8 Å². The summed E-state index contributed by atoms with van der Waals surface area (Å²) in [6.45, 7) is 2.46. The summed E-state index contributed by atoms with van der Waals surface area (Å²) in [7, 11) is 1.80. The lowest BCUT2D eigenvalue weighted by Crippen LogP contribution is -1.96. The molecule has 0 fully saturated rings. The average molecular weight is 339 g/mol. The molecule has 0 aliphatic rings. The highest BCUT2D eigenvalue weighted by Crippen LogP contribution is 2.29. The Bertz CT molecular complexity index is 844. The number of aldehydes is 1. The molecule has 5 nitrogen and oxygen atoms in total. The van der Waals surface area contributed by atoms with Crippen LogP contribution in [0.25, 0.3) is 0 Å². The van der Waals surface area contributed by atoms with E-state index in [1.54, 1.807) is 24.1 Å². The molecular formula is C18H17N3O2S. The van der Waals surface area contributed by atoms with Crippen molar-refractivity contribution in [3.8, 4) is 5.75 Å². The Morgan fingerprint density at radius 3 is 2.71 bits per heavy atom. The summed E-state index contributed by atoms with van der Waals surface area (Å²) in [5.74, 6) is 0.797. The van der Waals surface area contributed by atoms with Crippen LogP contribution >= 0.6 is 11.8 Å². The second-order valence-electron chi connectivity index (χ2n) is 5.33. The Hall–Kier alpha value is -2.60. The smallest absolute Gasteiger partial charge is 0.169 e. The van der Waals surface area contributed by atoms with Crippen LogP contribution < -0.4 is 4.74 Å². The first kappa shape index (κ1) is 16.3. The number of nitrogens with zero attached hydrogens (tertiary/aromatic N) is 3. The number of imidazole rings is 1. The van der Waals surface area contributed by atoms with Gasteiger partial charge in [0.25, 0.3) is 0 Å². The molecule has 2 aromatic heterocycles. The van der Waals surface area contributed by atoms with E-state index < -0.39 is 0 Å². The van der Waals surface area contributed by atoms with Crippen molar-refractivity contribution < 1.29 is 9.53 Å². The van der Waals surface area contributed by atoms with Gasteiger partial charge in [0, 0.05) is 23.8 Å². The normalized spacial score (nSPS) is 10.6. The van der Waals surface area contributed by atoms with Gasteiger partial charge in [0.1, 0.15) is 23.1 Å². The molecule has 24 heavy (non-hydrogen) atoms. The summed E-state index contributed by atoms with van der Waals surface area (Å²) < 4.78 is 7.50. The van der Waals surface area contributed by atoms with Crippen LogP contribution in [0.5, 0.6) is 5.75 Å². The summed E-state index contributed by atoms with van der Waals surface area (Å²) in [4.78, 5) is 20.5. The van der Waals surface area contributed by atoms with Crippen molar-refractivity contribution in [2.45, 2.75) is 23.5 Å². The van der Waals surface area contributed by atoms with Gasteiger partial charge in [-0.3, -0.25) is 9.78 Å². The zero-order valence-corrected chi connectivity index (χ0v) is 14.3. The van der Waals surface area contributed by atoms with E-state index in [1.165, 1.54) is 11.8 Å². The third-order valence-electron chi connectivity index (χ3n) is 3.46. The lowest BCUT2D eigenvalue weighted by atomic mass is 10.2. The van der Waals surface area contributed by atoms with Gasteiger partial charge in [-0.15, -0.1) is 0 Å². The molecule has 0 radical (unpaired) electrons. The van der Waals surface area contributed by atoms with E-state index in [0.717, 1.165) is 28.2 Å². The minimum absolute atomic E-state index is 0.505. The molecule has 0 unspecified atom stereocenters. The highest BCUT2D eigenvalue weighted by atomic mass is 32.2. The number of hydrogen-bond acceptors (Lipinski definition) is 5. The van der Waals surface area contributed by atoms with Crippen LogP contribution in [0.15, 0.2) is 58.8 Å². The van der Waals surface area contributed by atoms with Gasteiger partial charge in [0.2, 0.25) is 0 Å². The number of pyridine rings is 1. The Labute approximate surface area is 144 Å². The van der Waals surface area contributed by atoms with Crippen LogP contribution in [0, 0.1) is 6.92 Å². The first-order chi connectivity index (χ1) is 11.7. The molecule has 3 rings (SSSR count). The summed E-state index contributed by atoms with van der Waals surface area (Å²) in [6, 6.07) is 11.7. The lowest BCUT2D eigenvalue weighted by Gasteiger charge is -2.07. The number of rotatable bonds is 6. The van der Waals surface area contributed by atoms with E-state index in [2.05, 4.69) is 9.97 Å². The van der Waals surface area contributed by atoms with Crippen LogP contribution in [0.1, 0.15) is 21.7 Å².